The number of anilines is 1. The van der Waals surface area contributed by atoms with Crippen molar-refractivity contribution >= 4 is 27.4 Å². The number of aromatic nitrogens is 4. The van der Waals surface area contributed by atoms with E-state index in [1.807, 2.05) is 36.4 Å². The van der Waals surface area contributed by atoms with E-state index in [2.05, 4.69) is 15.1 Å². The van der Waals surface area contributed by atoms with Crippen LogP contribution in [0.15, 0.2) is 55.0 Å². The first-order chi connectivity index (χ1) is 10.3. The molecule has 0 aliphatic rings. The highest BCUT2D eigenvalue weighted by atomic mass is 32.1. The Morgan fingerprint density at radius 1 is 1.05 bits per heavy atom. The van der Waals surface area contributed by atoms with E-state index in [9.17, 15) is 0 Å². The molecule has 0 bridgehead atoms. The second kappa shape index (κ2) is 4.68. The third-order valence-corrected chi connectivity index (χ3v) is 4.30. The summed E-state index contributed by atoms with van der Waals surface area (Å²) in [7, 11) is 0. The molecule has 0 radical (unpaired) electrons. The van der Waals surface area contributed by atoms with Gasteiger partial charge in [0.2, 0.25) is 0 Å². The predicted octanol–water partition coefficient (Wildman–Crippen LogP) is 3.13. The molecular formula is C15H11N5S. The van der Waals surface area contributed by atoms with Crippen LogP contribution < -0.4 is 5.73 Å². The first-order valence-electron chi connectivity index (χ1n) is 6.43. The van der Waals surface area contributed by atoms with E-state index >= 15 is 0 Å². The number of fused-ring (bicyclic) bond motifs is 1. The summed E-state index contributed by atoms with van der Waals surface area (Å²) in [6, 6.07) is 11.8. The molecule has 0 atom stereocenters. The van der Waals surface area contributed by atoms with E-state index in [-0.39, 0.29) is 0 Å². The lowest BCUT2D eigenvalue weighted by Crippen LogP contribution is -2.01. The van der Waals surface area contributed by atoms with Gasteiger partial charge < -0.3 is 5.73 Å². The molecule has 0 saturated heterocycles. The molecule has 0 spiro atoms. The molecule has 0 aliphatic carbocycles. The Morgan fingerprint density at radius 2 is 1.90 bits per heavy atom. The molecule has 0 fully saturated rings. The number of rotatable bonds is 2. The van der Waals surface area contributed by atoms with Crippen molar-refractivity contribution in [2.24, 2.45) is 0 Å². The Bertz CT molecular complexity index is 877. The maximum atomic E-state index is 6.24. The van der Waals surface area contributed by atoms with Crippen molar-refractivity contribution < 1.29 is 0 Å². The van der Waals surface area contributed by atoms with Gasteiger partial charge in [-0.05, 0) is 18.2 Å². The number of thiazole rings is 1. The van der Waals surface area contributed by atoms with Crippen LogP contribution in [-0.4, -0.2) is 19.7 Å². The normalized spacial score (nSPS) is 11.0. The lowest BCUT2D eigenvalue weighted by Gasteiger charge is -2.03. The molecule has 4 aromatic rings. The Morgan fingerprint density at radius 3 is 2.71 bits per heavy atom. The standard InChI is InChI=1S/C15H11N5S/c16-14-11(8-18-20(14)10-4-2-1-3-5-10)15-19-12-9-17-7-6-13(12)21-15/h1-9H,16H2. The van der Waals surface area contributed by atoms with Gasteiger partial charge in [0.05, 0.1) is 28.3 Å². The molecule has 6 heteroatoms. The van der Waals surface area contributed by atoms with Crippen LogP contribution in [-0.2, 0) is 0 Å². The van der Waals surface area contributed by atoms with Gasteiger partial charge >= 0.3 is 0 Å². The highest BCUT2D eigenvalue weighted by Crippen LogP contribution is 2.33. The van der Waals surface area contributed by atoms with Crippen LogP contribution in [0.3, 0.4) is 0 Å². The number of pyridine rings is 1. The number of benzene rings is 1. The van der Waals surface area contributed by atoms with Crippen molar-refractivity contribution in [1.29, 1.82) is 0 Å². The summed E-state index contributed by atoms with van der Waals surface area (Å²) in [5.74, 6) is 0.591. The van der Waals surface area contributed by atoms with Gasteiger partial charge in [-0.1, -0.05) is 18.2 Å². The summed E-state index contributed by atoms with van der Waals surface area (Å²) in [6.07, 6.45) is 5.28. The van der Waals surface area contributed by atoms with Crippen molar-refractivity contribution in [1.82, 2.24) is 19.7 Å². The zero-order valence-corrected chi connectivity index (χ0v) is 11.8. The Labute approximate surface area is 124 Å². The molecule has 3 aromatic heterocycles. The van der Waals surface area contributed by atoms with Gasteiger partial charge in [0.1, 0.15) is 16.3 Å². The summed E-state index contributed by atoms with van der Waals surface area (Å²) in [6.45, 7) is 0. The molecule has 5 nitrogen and oxygen atoms in total. The second-order valence-corrected chi connectivity index (χ2v) is 5.58. The van der Waals surface area contributed by atoms with E-state index in [1.165, 1.54) is 0 Å². The molecule has 2 N–H and O–H groups in total. The summed E-state index contributed by atoms with van der Waals surface area (Å²) < 4.78 is 2.81. The first-order valence-corrected chi connectivity index (χ1v) is 7.24. The number of nitrogens with zero attached hydrogens (tertiary/aromatic N) is 4. The lowest BCUT2D eigenvalue weighted by molar-refractivity contribution is 0.891. The van der Waals surface area contributed by atoms with Crippen molar-refractivity contribution in [3.05, 3.63) is 55.0 Å². The molecule has 1 aromatic carbocycles. The average Bonchev–Trinajstić information content (AvgIpc) is 3.11. The molecule has 102 valence electrons. The van der Waals surface area contributed by atoms with Gasteiger partial charge in [-0.3, -0.25) is 4.98 Å². The molecule has 21 heavy (non-hydrogen) atoms. The van der Waals surface area contributed by atoms with Crippen molar-refractivity contribution in [3.8, 4) is 16.3 Å². The monoisotopic (exact) mass is 293 g/mol. The fourth-order valence-electron chi connectivity index (χ4n) is 2.19. The van der Waals surface area contributed by atoms with Crippen LogP contribution in [0.1, 0.15) is 0 Å². The van der Waals surface area contributed by atoms with E-state index in [4.69, 9.17) is 5.73 Å². The average molecular weight is 293 g/mol. The fourth-order valence-corrected chi connectivity index (χ4v) is 3.14. The number of nitrogens with two attached hydrogens (primary N) is 1. The molecule has 0 amide bonds. The molecule has 4 rings (SSSR count). The molecule has 3 heterocycles. The van der Waals surface area contributed by atoms with E-state index in [0.717, 1.165) is 26.5 Å². The summed E-state index contributed by atoms with van der Waals surface area (Å²) in [5, 5.41) is 5.23. The first kappa shape index (κ1) is 12.0. The number of hydrogen-bond donors (Lipinski definition) is 1. The van der Waals surface area contributed by atoms with Crippen molar-refractivity contribution in [3.63, 3.8) is 0 Å². The molecule has 0 saturated carbocycles. The van der Waals surface area contributed by atoms with Crippen molar-refractivity contribution in [2.45, 2.75) is 0 Å². The van der Waals surface area contributed by atoms with E-state index in [0.29, 0.717) is 5.82 Å². The SMILES string of the molecule is Nc1c(-c2nc3cnccc3s2)cnn1-c1ccccc1. The Kier molecular flexibility index (Phi) is 2.68. The summed E-state index contributed by atoms with van der Waals surface area (Å²) >= 11 is 1.59. The zero-order valence-electron chi connectivity index (χ0n) is 11.0. The minimum absolute atomic E-state index is 0.591. The maximum absolute atomic E-state index is 6.24. The highest BCUT2D eigenvalue weighted by molar-refractivity contribution is 7.21. The molecule has 0 unspecified atom stereocenters. The van der Waals surface area contributed by atoms with Gasteiger partial charge in [-0.2, -0.15) is 5.10 Å². The minimum Gasteiger partial charge on any atom is -0.383 e. The lowest BCUT2D eigenvalue weighted by atomic mass is 10.3. The van der Waals surface area contributed by atoms with Crippen molar-refractivity contribution in [2.75, 3.05) is 5.73 Å². The van der Waals surface area contributed by atoms with Crippen LogP contribution in [0, 0.1) is 0 Å². The minimum atomic E-state index is 0.591. The van der Waals surface area contributed by atoms with E-state index < -0.39 is 0 Å². The fraction of sp³-hybridized carbons (Fsp3) is 0. The van der Waals surface area contributed by atoms with Gasteiger partial charge in [0.25, 0.3) is 0 Å². The maximum Gasteiger partial charge on any atom is 0.137 e. The summed E-state index contributed by atoms with van der Waals surface area (Å²) in [4.78, 5) is 8.66. The largest absolute Gasteiger partial charge is 0.383 e. The van der Waals surface area contributed by atoms with Crippen LogP contribution in [0.5, 0.6) is 0 Å². The molecular weight excluding hydrogens is 282 g/mol. The van der Waals surface area contributed by atoms with Gasteiger partial charge in [0.15, 0.2) is 0 Å². The van der Waals surface area contributed by atoms with Crippen LogP contribution in [0.25, 0.3) is 26.5 Å². The van der Waals surface area contributed by atoms with Crippen LogP contribution >= 0.6 is 11.3 Å². The van der Waals surface area contributed by atoms with Crippen LogP contribution in [0.2, 0.25) is 0 Å². The third-order valence-electron chi connectivity index (χ3n) is 3.23. The van der Waals surface area contributed by atoms with Crippen LogP contribution in [0.4, 0.5) is 5.82 Å². The number of nitrogen functional groups attached to an aromatic ring is 1. The van der Waals surface area contributed by atoms with Gasteiger partial charge in [0, 0.05) is 6.20 Å². The van der Waals surface area contributed by atoms with Gasteiger partial charge in [-0.25, -0.2) is 9.67 Å². The quantitative estimate of drug-likeness (QED) is 0.616. The summed E-state index contributed by atoms with van der Waals surface area (Å²) in [5.41, 5.74) is 8.90. The topological polar surface area (TPSA) is 69.6 Å². The van der Waals surface area contributed by atoms with E-state index in [1.54, 1.807) is 34.6 Å². The van der Waals surface area contributed by atoms with Gasteiger partial charge in [-0.15, -0.1) is 11.3 Å². The predicted molar refractivity (Wildman–Crippen MR) is 84.4 cm³/mol. The number of para-hydroxylation sites is 1. The zero-order chi connectivity index (χ0) is 14.2. The third kappa shape index (κ3) is 1.96. The Balaban J connectivity index is 1.85. The Hall–Kier alpha value is -2.73. The number of hydrogen-bond acceptors (Lipinski definition) is 5. The second-order valence-electron chi connectivity index (χ2n) is 4.55. The molecule has 0 aliphatic heterocycles. The smallest absolute Gasteiger partial charge is 0.137 e. The highest BCUT2D eigenvalue weighted by Gasteiger charge is 2.14.